The van der Waals surface area contributed by atoms with Gasteiger partial charge in [0.15, 0.2) is 17.9 Å². The Morgan fingerprint density at radius 3 is 2.17 bits per heavy atom. The Morgan fingerprint density at radius 2 is 1.61 bits per heavy atom. The maximum absolute atomic E-state index is 5.96. The van der Waals surface area contributed by atoms with Crippen LogP contribution in [0.2, 0.25) is 0 Å². The highest BCUT2D eigenvalue weighted by Crippen LogP contribution is 2.43. The van der Waals surface area contributed by atoms with Crippen molar-refractivity contribution in [1.29, 1.82) is 0 Å². The van der Waals surface area contributed by atoms with E-state index in [2.05, 4.69) is 6.92 Å². The van der Waals surface area contributed by atoms with E-state index in [4.69, 9.17) is 23.7 Å². The summed E-state index contributed by atoms with van der Waals surface area (Å²) in [6.45, 7) is 10.3. The molecule has 5 atom stereocenters. The molecular formula is C13H22O5. The van der Waals surface area contributed by atoms with Gasteiger partial charge in [-0.05, 0) is 27.7 Å². The van der Waals surface area contributed by atoms with E-state index in [1.54, 1.807) is 0 Å². The molecule has 3 aliphatic rings. The van der Waals surface area contributed by atoms with Gasteiger partial charge < -0.3 is 23.7 Å². The molecule has 0 aromatic heterocycles. The molecule has 3 aliphatic heterocycles. The van der Waals surface area contributed by atoms with E-state index in [9.17, 15) is 0 Å². The van der Waals surface area contributed by atoms with Crippen molar-refractivity contribution in [3.8, 4) is 0 Å². The fourth-order valence-corrected chi connectivity index (χ4v) is 2.99. The number of rotatable bonds is 1. The average Bonchev–Trinajstić information content (AvgIpc) is 2.81. The molecule has 0 spiro atoms. The molecule has 3 heterocycles. The van der Waals surface area contributed by atoms with E-state index in [1.807, 2.05) is 27.7 Å². The van der Waals surface area contributed by atoms with Crippen molar-refractivity contribution in [2.24, 2.45) is 5.92 Å². The number of ether oxygens (including phenoxy) is 5. The summed E-state index contributed by atoms with van der Waals surface area (Å²) < 4.78 is 29.0. The van der Waals surface area contributed by atoms with Gasteiger partial charge in [-0.15, -0.1) is 0 Å². The minimum absolute atomic E-state index is 0.0164. The summed E-state index contributed by atoms with van der Waals surface area (Å²) in [5.41, 5.74) is 0. The lowest BCUT2D eigenvalue weighted by molar-refractivity contribution is -0.226. The maximum Gasteiger partial charge on any atom is 0.187 e. The Kier molecular flexibility index (Phi) is 2.78. The Morgan fingerprint density at radius 1 is 0.889 bits per heavy atom. The van der Waals surface area contributed by atoms with Crippen molar-refractivity contribution in [3.05, 3.63) is 0 Å². The lowest BCUT2D eigenvalue weighted by Crippen LogP contribution is -2.37. The quantitative estimate of drug-likeness (QED) is 0.715. The van der Waals surface area contributed by atoms with Crippen LogP contribution < -0.4 is 0 Å². The first-order valence-electron chi connectivity index (χ1n) is 6.60. The monoisotopic (exact) mass is 258 g/mol. The van der Waals surface area contributed by atoms with Gasteiger partial charge in [0.25, 0.3) is 0 Å². The smallest absolute Gasteiger partial charge is 0.187 e. The van der Waals surface area contributed by atoms with Crippen molar-refractivity contribution in [1.82, 2.24) is 0 Å². The van der Waals surface area contributed by atoms with Crippen LogP contribution >= 0.6 is 0 Å². The second-order valence-corrected chi connectivity index (χ2v) is 6.30. The molecule has 0 unspecified atom stereocenters. The van der Waals surface area contributed by atoms with Gasteiger partial charge in [0.2, 0.25) is 0 Å². The predicted octanol–water partition coefficient (Wildman–Crippen LogP) is 1.65. The Labute approximate surface area is 108 Å². The number of hydrogen-bond donors (Lipinski definition) is 0. The summed E-state index contributed by atoms with van der Waals surface area (Å²) in [5, 5.41) is 0. The minimum Gasteiger partial charge on any atom is -0.348 e. The Hall–Kier alpha value is -0.200. The van der Waals surface area contributed by atoms with Gasteiger partial charge in [-0.3, -0.25) is 0 Å². The summed E-state index contributed by atoms with van der Waals surface area (Å²) in [6, 6.07) is 0. The number of hydrogen-bond acceptors (Lipinski definition) is 5. The van der Waals surface area contributed by atoms with Crippen LogP contribution in [0.1, 0.15) is 34.6 Å². The van der Waals surface area contributed by atoms with Crippen molar-refractivity contribution in [2.75, 3.05) is 6.61 Å². The van der Waals surface area contributed by atoms with Crippen LogP contribution in [0.5, 0.6) is 0 Å². The van der Waals surface area contributed by atoms with Crippen LogP contribution in [0, 0.1) is 5.92 Å². The van der Waals surface area contributed by atoms with Crippen molar-refractivity contribution < 1.29 is 23.7 Å². The molecular weight excluding hydrogens is 236 g/mol. The highest BCUT2D eigenvalue weighted by molar-refractivity contribution is 4.95. The zero-order valence-corrected chi connectivity index (χ0v) is 11.6. The Bertz CT molecular complexity index is 340. The molecule has 18 heavy (non-hydrogen) atoms. The van der Waals surface area contributed by atoms with Gasteiger partial charge >= 0.3 is 0 Å². The van der Waals surface area contributed by atoms with Gasteiger partial charge in [0, 0.05) is 5.92 Å². The standard InChI is InChI=1S/C13H22O5/c1-7-9(8-6-14-12(2,3)16-8)15-11-10(7)17-13(4,5)18-11/h7-11H,6H2,1-5H3/t7-,8-,9-,10+,11-/m1/s1. The fraction of sp³-hybridized carbons (Fsp3) is 1.00. The lowest BCUT2D eigenvalue weighted by Gasteiger charge is -2.27. The first-order chi connectivity index (χ1) is 8.27. The molecule has 0 aromatic rings. The zero-order chi connectivity index (χ0) is 13.1. The van der Waals surface area contributed by atoms with Crippen molar-refractivity contribution >= 4 is 0 Å². The largest absolute Gasteiger partial charge is 0.348 e. The van der Waals surface area contributed by atoms with Crippen LogP contribution in [0.25, 0.3) is 0 Å². The summed E-state index contributed by atoms with van der Waals surface area (Å²) in [6.07, 6.45) is -0.376. The van der Waals surface area contributed by atoms with E-state index < -0.39 is 11.6 Å². The predicted molar refractivity (Wildman–Crippen MR) is 62.8 cm³/mol. The fourth-order valence-electron chi connectivity index (χ4n) is 2.99. The molecule has 5 heteroatoms. The molecule has 0 amide bonds. The third-order valence-corrected chi connectivity index (χ3v) is 3.81. The van der Waals surface area contributed by atoms with Gasteiger partial charge in [-0.1, -0.05) is 6.92 Å². The van der Waals surface area contributed by atoms with Gasteiger partial charge in [-0.2, -0.15) is 0 Å². The average molecular weight is 258 g/mol. The van der Waals surface area contributed by atoms with Crippen LogP contribution in [0.4, 0.5) is 0 Å². The molecule has 3 fully saturated rings. The third kappa shape index (κ3) is 2.08. The molecule has 3 saturated heterocycles. The molecule has 0 aromatic carbocycles. The van der Waals surface area contributed by atoms with E-state index in [0.717, 1.165) is 0 Å². The van der Waals surface area contributed by atoms with Crippen LogP contribution in [-0.4, -0.2) is 42.8 Å². The summed E-state index contributed by atoms with van der Waals surface area (Å²) in [5.74, 6) is -0.841. The van der Waals surface area contributed by atoms with Gasteiger partial charge in [-0.25, -0.2) is 0 Å². The molecule has 0 N–H and O–H groups in total. The van der Waals surface area contributed by atoms with Crippen molar-refractivity contribution in [2.45, 2.75) is 70.8 Å². The number of fused-ring (bicyclic) bond motifs is 1. The highest BCUT2D eigenvalue weighted by Gasteiger charge is 2.56. The normalized spacial score (nSPS) is 49.5. The first-order valence-corrected chi connectivity index (χ1v) is 6.60. The van der Waals surface area contributed by atoms with E-state index in [1.165, 1.54) is 0 Å². The second-order valence-electron chi connectivity index (χ2n) is 6.30. The molecule has 0 aliphatic carbocycles. The molecule has 3 rings (SSSR count). The zero-order valence-electron chi connectivity index (χ0n) is 11.6. The third-order valence-electron chi connectivity index (χ3n) is 3.81. The molecule has 0 radical (unpaired) electrons. The van der Waals surface area contributed by atoms with E-state index in [-0.39, 0.29) is 30.5 Å². The first kappa shape index (κ1) is 12.8. The molecule has 0 saturated carbocycles. The van der Waals surface area contributed by atoms with Crippen molar-refractivity contribution in [3.63, 3.8) is 0 Å². The minimum atomic E-state index is -0.555. The Balaban J connectivity index is 1.68. The lowest BCUT2D eigenvalue weighted by atomic mass is 9.97. The van der Waals surface area contributed by atoms with Gasteiger partial charge in [0.05, 0.1) is 12.7 Å². The SMILES string of the molecule is C[C@H]1[C@@H]2OC(C)(C)O[C@H]2O[C@H]1[C@H]1COC(C)(C)O1. The maximum atomic E-state index is 5.96. The molecule has 104 valence electrons. The van der Waals surface area contributed by atoms with Crippen LogP contribution in [-0.2, 0) is 23.7 Å². The summed E-state index contributed by atoms with van der Waals surface area (Å²) >= 11 is 0. The highest BCUT2D eigenvalue weighted by atomic mass is 16.8. The second kappa shape index (κ2) is 3.90. The topological polar surface area (TPSA) is 46.2 Å². The van der Waals surface area contributed by atoms with Crippen LogP contribution in [0.15, 0.2) is 0 Å². The molecule has 0 bridgehead atoms. The summed E-state index contributed by atoms with van der Waals surface area (Å²) in [7, 11) is 0. The summed E-state index contributed by atoms with van der Waals surface area (Å²) in [4.78, 5) is 0. The van der Waals surface area contributed by atoms with E-state index >= 15 is 0 Å². The van der Waals surface area contributed by atoms with E-state index in [0.29, 0.717) is 6.61 Å². The van der Waals surface area contributed by atoms with Gasteiger partial charge in [0.1, 0.15) is 12.2 Å². The molecule has 5 nitrogen and oxygen atoms in total. The van der Waals surface area contributed by atoms with Crippen LogP contribution in [0.3, 0.4) is 0 Å².